The molecule has 2 heterocycles. The molecule has 0 spiro atoms. The highest BCUT2D eigenvalue weighted by molar-refractivity contribution is 8.16. The Labute approximate surface area is 172 Å². The molecule has 4 rings (SSSR count). The van der Waals surface area contributed by atoms with E-state index < -0.39 is 17.8 Å². The number of allylic oxidation sites excluding steroid dienone is 1. The van der Waals surface area contributed by atoms with Gasteiger partial charge in [0.15, 0.2) is 5.17 Å². The number of amides is 1. The molecule has 1 atom stereocenters. The van der Waals surface area contributed by atoms with Gasteiger partial charge in [0.25, 0.3) is 0 Å². The number of halogens is 1. The van der Waals surface area contributed by atoms with Gasteiger partial charge in [0.2, 0.25) is 5.91 Å². The first-order valence-corrected chi connectivity index (χ1v) is 10.5. The highest BCUT2D eigenvalue weighted by Crippen LogP contribution is 2.45. The number of thioether (sulfide) groups is 1. The number of nitrogens with one attached hydrogen (secondary N) is 1. The van der Waals surface area contributed by atoms with Gasteiger partial charge >= 0.3 is 5.97 Å². The number of benzene rings is 1. The van der Waals surface area contributed by atoms with E-state index in [9.17, 15) is 14.0 Å². The third-order valence-electron chi connectivity index (χ3n) is 5.08. The van der Waals surface area contributed by atoms with E-state index in [1.807, 2.05) is 17.2 Å². The number of rotatable bonds is 6. The lowest BCUT2D eigenvalue weighted by atomic mass is 9.93. The Morgan fingerprint density at radius 3 is 2.83 bits per heavy atom. The van der Waals surface area contributed by atoms with E-state index in [0.717, 1.165) is 18.5 Å². The number of hydrogen-bond acceptors (Lipinski definition) is 6. The van der Waals surface area contributed by atoms with E-state index in [0.29, 0.717) is 28.4 Å². The van der Waals surface area contributed by atoms with Gasteiger partial charge < -0.3 is 15.0 Å². The Balaban J connectivity index is 1.75. The second-order valence-corrected chi connectivity index (χ2v) is 8.01. The number of ether oxygens (including phenoxy) is 1. The molecule has 0 bridgehead atoms. The number of amidine groups is 1. The third kappa shape index (κ3) is 3.94. The largest absolute Gasteiger partial charge is 0.466 e. The maximum Gasteiger partial charge on any atom is 0.338 e. The molecule has 1 aromatic rings. The maximum atomic E-state index is 14.0. The van der Waals surface area contributed by atoms with Crippen molar-refractivity contribution in [3.8, 4) is 0 Å². The predicted octanol–water partition coefficient (Wildman–Crippen LogP) is 3.63. The topological polar surface area (TPSA) is 71.0 Å². The summed E-state index contributed by atoms with van der Waals surface area (Å²) in [7, 11) is 1.32. The third-order valence-corrected chi connectivity index (χ3v) is 5.97. The summed E-state index contributed by atoms with van der Waals surface area (Å²) in [6, 6.07) is 5.83. The molecule has 29 heavy (non-hydrogen) atoms. The summed E-state index contributed by atoms with van der Waals surface area (Å²) in [5.41, 5.74) is 2.33. The molecule has 1 amide bonds. The highest BCUT2D eigenvalue weighted by atomic mass is 32.2. The van der Waals surface area contributed by atoms with Crippen LogP contribution in [0.2, 0.25) is 0 Å². The monoisotopic (exact) mass is 415 g/mol. The minimum absolute atomic E-state index is 0.0662. The van der Waals surface area contributed by atoms with Crippen LogP contribution in [-0.2, 0) is 14.3 Å². The lowest BCUT2D eigenvalue weighted by Crippen LogP contribution is -2.38. The van der Waals surface area contributed by atoms with Gasteiger partial charge in [0.1, 0.15) is 5.82 Å². The lowest BCUT2D eigenvalue weighted by molar-refractivity contribution is -0.136. The Morgan fingerprint density at radius 1 is 1.38 bits per heavy atom. The number of carbonyl (C=O) groups excluding carboxylic acids is 2. The lowest BCUT2D eigenvalue weighted by Gasteiger charge is -2.36. The molecule has 1 aromatic carbocycles. The molecule has 0 radical (unpaired) electrons. The van der Waals surface area contributed by atoms with Crippen LogP contribution in [0.3, 0.4) is 0 Å². The van der Waals surface area contributed by atoms with Crippen LogP contribution in [0.15, 0.2) is 51.6 Å². The molecule has 6 nitrogen and oxygen atoms in total. The summed E-state index contributed by atoms with van der Waals surface area (Å²) in [5.74, 6) is -0.959. The van der Waals surface area contributed by atoms with Crippen LogP contribution in [0.4, 0.5) is 4.39 Å². The van der Waals surface area contributed by atoms with Crippen molar-refractivity contribution < 1.29 is 18.7 Å². The summed E-state index contributed by atoms with van der Waals surface area (Å²) in [6.07, 6.45) is 2.73. The van der Waals surface area contributed by atoms with Crippen molar-refractivity contribution in [2.45, 2.75) is 44.7 Å². The Morgan fingerprint density at radius 2 is 2.17 bits per heavy atom. The van der Waals surface area contributed by atoms with Crippen molar-refractivity contribution in [1.29, 1.82) is 0 Å². The van der Waals surface area contributed by atoms with Gasteiger partial charge in [-0.05, 0) is 42.4 Å². The number of methoxy groups -OCH3 is 1. The maximum absolute atomic E-state index is 14.0. The Hall–Kier alpha value is -2.61. The quantitative estimate of drug-likeness (QED) is 0.719. The molecule has 1 fully saturated rings. The molecule has 0 aromatic heterocycles. The smallest absolute Gasteiger partial charge is 0.338 e. The fourth-order valence-electron chi connectivity index (χ4n) is 3.58. The normalized spacial score (nSPS) is 20.8. The van der Waals surface area contributed by atoms with Crippen molar-refractivity contribution in [1.82, 2.24) is 10.2 Å². The average Bonchev–Trinajstić information content (AvgIpc) is 3.44. The molecule has 3 aliphatic rings. The Kier molecular flexibility index (Phi) is 5.45. The zero-order chi connectivity index (χ0) is 20.5. The zero-order valence-corrected chi connectivity index (χ0v) is 17.1. The molecule has 8 heteroatoms. The second-order valence-electron chi connectivity index (χ2n) is 7.17. The van der Waals surface area contributed by atoms with Gasteiger partial charge in [0, 0.05) is 11.7 Å². The van der Waals surface area contributed by atoms with E-state index in [-0.39, 0.29) is 18.4 Å². The first-order chi connectivity index (χ1) is 14.0. The standard InChI is InChI=1S/C21H22FN3O3S/c1-3-16-18(20(27)28-2)19(12-5-4-6-13(22)9-12)25-15(11-29-21(25)24-16)10-17(26)23-14-7-8-14/h4-6,9,11,14,19H,3,7-8,10H2,1-2H3,(H,23,26). The highest BCUT2D eigenvalue weighted by Gasteiger charge is 2.41. The molecule has 1 aliphatic carbocycles. The van der Waals surface area contributed by atoms with Gasteiger partial charge in [-0.2, -0.15) is 0 Å². The van der Waals surface area contributed by atoms with E-state index >= 15 is 0 Å². The molecule has 152 valence electrons. The first-order valence-electron chi connectivity index (χ1n) is 9.61. The van der Waals surface area contributed by atoms with E-state index in [2.05, 4.69) is 10.3 Å². The van der Waals surface area contributed by atoms with Crippen LogP contribution < -0.4 is 5.32 Å². The predicted molar refractivity (Wildman–Crippen MR) is 109 cm³/mol. The van der Waals surface area contributed by atoms with E-state index in [4.69, 9.17) is 4.74 Å². The van der Waals surface area contributed by atoms with Gasteiger partial charge in [-0.3, -0.25) is 4.79 Å². The van der Waals surface area contributed by atoms with Crippen LogP contribution in [0.5, 0.6) is 0 Å². The Bertz CT molecular complexity index is 952. The fourth-order valence-corrected chi connectivity index (χ4v) is 4.51. The SMILES string of the molecule is CCC1=C(C(=O)OC)C(c2cccc(F)c2)N2C(CC(=O)NC3CC3)=CSC2=N1. The molecule has 0 saturated heterocycles. The summed E-state index contributed by atoms with van der Waals surface area (Å²) in [4.78, 5) is 31.6. The fraction of sp³-hybridized carbons (Fsp3) is 0.381. The zero-order valence-electron chi connectivity index (χ0n) is 16.3. The molecule has 1 N–H and O–H groups in total. The average molecular weight is 415 g/mol. The summed E-state index contributed by atoms with van der Waals surface area (Å²) in [5, 5.41) is 5.54. The van der Waals surface area contributed by atoms with Crippen molar-refractivity contribution in [2.24, 2.45) is 4.99 Å². The van der Waals surface area contributed by atoms with Gasteiger partial charge in [-0.15, -0.1) is 0 Å². The van der Waals surface area contributed by atoms with Crippen molar-refractivity contribution in [3.05, 3.63) is 58.0 Å². The minimum atomic E-state index is -0.601. The van der Waals surface area contributed by atoms with E-state index in [1.54, 1.807) is 12.1 Å². The molecule has 2 aliphatic heterocycles. The number of aliphatic imine (C=N–C) groups is 1. The van der Waals surface area contributed by atoms with Crippen LogP contribution >= 0.6 is 11.8 Å². The van der Waals surface area contributed by atoms with Crippen LogP contribution in [0.1, 0.15) is 44.2 Å². The number of esters is 1. The number of nitrogens with zero attached hydrogens (tertiary/aromatic N) is 2. The number of hydrogen-bond donors (Lipinski definition) is 1. The van der Waals surface area contributed by atoms with E-state index in [1.165, 1.54) is 31.0 Å². The minimum Gasteiger partial charge on any atom is -0.466 e. The summed E-state index contributed by atoms with van der Waals surface area (Å²) < 4.78 is 19.1. The molecule has 1 unspecified atom stereocenters. The van der Waals surface area contributed by atoms with Crippen LogP contribution in [0, 0.1) is 5.82 Å². The molecular weight excluding hydrogens is 393 g/mol. The van der Waals surface area contributed by atoms with Gasteiger partial charge in [0.05, 0.1) is 30.8 Å². The first kappa shape index (κ1) is 19.7. The second kappa shape index (κ2) is 8.02. The van der Waals surface area contributed by atoms with Gasteiger partial charge in [-0.1, -0.05) is 30.8 Å². The number of fused-ring (bicyclic) bond motifs is 1. The summed E-state index contributed by atoms with van der Waals surface area (Å²) >= 11 is 1.41. The van der Waals surface area contributed by atoms with Gasteiger partial charge in [-0.25, -0.2) is 14.2 Å². The van der Waals surface area contributed by atoms with Crippen molar-refractivity contribution in [3.63, 3.8) is 0 Å². The molecular formula is C21H22FN3O3S. The van der Waals surface area contributed by atoms with Crippen molar-refractivity contribution >= 4 is 28.8 Å². The molecule has 1 saturated carbocycles. The van der Waals surface area contributed by atoms with Crippen LogP contribution in [-0.4, -0.2) is 35.1 Å². The summed E-state index contributed by atoms with van der Waals surface area (Å²) in [6.45, 7) is 1.91. The number of carbonyl (C=O) groups is 2. The van der Waals surface area contributed by atoms with Crippen molar-refractivity contribution in [2.75, 3.05) is 7.11 Å². The van der Waals surface area contributed by atoms with Crippen LogP contribution in [0.25, 0.3) is 0 Å².